The fourth-order valence-corrected chi connectivity index (χ4v) is 2.36. The van der Waals surface area contributed by atoms with Gasteiger partial charge in [0, 0.05) is 6.42 Å². The minimum absolute atomic E-state index is 0.355. The molecule has 110 valence electrons. The Morgan fingerprint density at radius 2 is 2.05 bits per heavy atom. The van der Waals surface area contributed by atoms with Crippen molar-refractivity contribution in [3.63, 3.8) is 0 Å². The number of benzene rings is 1. The van der Waals surface area contributed by atoms with Crippen LogP contribution in [0.1, 0.15) is 24.1 Å². The molecule has 3 nitrogen and oxygen atoms in total. The number of hydrogen-bond acceptors (Lipinski definition) is 2. The van der Waals surface area contributed by atoms with Crippen LogP contribution in [0.5, 0.6) is 0 Å². The van der Waals surface area contributed by atoms with E-state index in [9.17, 15) is 13.2 Å². The smallest absolute Gasteiger partial charge is 0.416 e. The highest BCUT2D eigenvalue weighted by molar-refractivity contribution is 5.77. The van der Waals surface area contributed by atoms with Crippen LogP contribution in [0.4, 0.5) is 13.2 Å². The molecule has 0 bridgehead atoms. The van der Waals surface area contributed by atoms with Gasteiger partial charge in [0.05, 0.1) is 29.4 Å². The number of rotatable bonds is 3. The van der Waals surface area contributed by atoms with E-state index in [1.165, 1.54) is 6.07 Å². The average molecular weight is 294 g/mol. The molecule has 0 unspecified atom stereocenters. The van der Waals surface area contributed by atoms with Crippen LogP contribution in [0.25, 0.3) is 11.0 Å². The molecule has 2 aromatic heterocycles. The minimum Gasteiger partial charge on any atom is -0.467 e. The zero-order valence-corrected chi connectivity index (χ0v) is 11.3. The quantitative estimate of drug-likeness (QED) is 0.722. The van der Waals surface area contributed by atoms with Gasteiger partial charge in [-0.25, -0.2) is 4.98 Å². The molecular weight excluding hydrogens is 281 g/mol. The van der Waals surface area contributed by atoms with Crippen molar-refractivity contribution in [1.29, 1.82) is 0 Å². The molecular formula is C15H13F3N2O. The normalized spacial score (nSPS) is 12.2. The molecule has 21 heavy (non-hydrogen) atoms. The minimum atomic E-state index is -4.36. The van der Waals surface area contributed by atoms with Gasteiger partial charge in [-0.1, -0.05) is 6.92 Å². The van der Waals surface area contributed by atoms with Crippen LogP contribution in [-0.2, 0) is 19.1 Å². The van der Waals surface area contributed by atoms with Gasteiger partial charge in [0.15, 0.2) is 0 Å². The molecule has 0 atom stereocenters. The number of aryl methyl sites for hydroxylation is 1. The molecule has 0 aliphatic rings. The van der Waals surface area contributed by atoms with Crippen LogP contribution in [0, 0.1) is 0 Å². The number of aromatic nitrogens is 2. The Kier molecular flexibility index (Phi) is 3.23. The van der Waals surface area contributed by atoms with Gasteiger partial charge >= 0.3 is 6.18 Å². The summed E-state index contributed by atoms with van der Waals surface area (Å²) in [5, 5.41) is 0. The molecule has 0 radical (unpaired) electrons. The molecule has 6 heteroatoms. The summed E-state index contributed by atoms with van der Waals surface area (Å²) in [6.45, 7) is 2.38. The second-order valence-electron chi connectivity index (χ2n) is 4.75. The van der Waals surface area contributed by atoms with Crippen LogP contribution in [0.2, 0.25) is 0 Å². The molecule has 0 spiro atoms. The summed E-state index contributed by atoms with van der Waals surface area (Å²) in [5.41, 5.74) is 0.352. The van der Waals surface area contributed by atoms with Gasteiger partial charge < -0.3 is 8.98 Å². The molecule has 0 aliphatic carbocycles. The summed E-state index contributed by atoms with van der Waals surface area (Å²) in [5.74, 6) is 1.48. The van der Waals surface area contributed by atoms with Crippen molar-refractivity contribution in [3.8, 4) is 0 Å². The molecule has 2 heterocycles. The Hall–Kier alpha value is -2.24. The molecule has 0 aliphatic heterocycles. The third-order valence-electron chi connectivity index (χ3n) is 3.36. The lowest BCUT2D eigenvalue weighted by Gasteiger charge is -2.08. The second kappa shape index (κ2) is 4.95. The molecule has 0 N–H and O–H groups in total. The largest absolute Gasteiger partial charge is 0.467 e. The first kappa shape index (κ1) is 13.7. The summed E-state index contributed by atoms with van der Waals surface area (Å²) < 4.78 is 45.5. The number of alkyl halides is 3. The number of hydrogen-bond donors (Lipinski definition) is 0. The molecule has 3 aromatic rings. The Morgan fingerprint density at radius 1 is 1.24 bits per heavy atom. The van der Waals surface area contributed by atoms with E-state index in [4.69, 9.17) is 4.42 Å². The molecule has 3 rings (SSSR count). The first-order valence-corrected chi connectivity index (χ1v) is 6.58. The standard InChI is InChI=1S/C15H13F3N2O/c1-2-14-19-12-8-10(15(16,17)18)5-6-13(12)20(14)9-11-4-3-7-21-11/h3-8H,2,9H2,1H3. The summed E-state index contributed by atoms with van der Waals surface area (Å²) in [6, 6.07) is 7.25. The maximum Gasteiger partial charge on any atom is 0.416 e. The van der Waals surface area contributed by atoms with Crippen molar-refractivity contribution in [2.75, 3.05) is 0 Å². The van der Waals surface area contributed by atoms with Crippen LogP contribution < -0.4 is 0 Å². The molecule has 0 amide bonds. The summed E-state index contributed by atoms with van der Waals surface area (Å²) in [4.78, 5) is 4.31. The van der Waals surface area contributed by atoms with Crippen LogP contribution in [-0.4, -0.2) is 9.55 Å². The SMILES string of the molecule is CCc1nc2cc(C(F)(F)F)ccc2n1Cc1ccco1. The maximum atomic E-state index is 12.8. The highest BCUT2D eigenvalue weighted by Gasteiger charge is 2.31. The van der Waals surface area contributed by atoms with E-state index in [1.807, 2.05) is 17.6 Å². The van der Waals surface area contributed by atoms with E-state index >= 15 is 0 Å². The summed E-state index contributed by atoms with van der Waals surface area (Å²) >= 11 is 0. The van der Waals surface area contributed by atoms with E-state index in [1.54, 1.807) is 12.3 Å². The van der Waals surface area contributed by atoms with Gasteiger partial charge in [-0.15, -0.1) is 0 Å². The monoisotopic (exact) mass is 294 g/mol. The third-order valence-corrected chi connectivity index (χ3v) is 3.36. The zero-order valence-electron chi connectivity index (χ0n) is 11.3. The van der Waals surface area contributed by atoms with E-state index in [0.29, 0.717) is 24.0 Å². The molecule has 0 saturated heterocycles. The highest BCUT2D eigenvalue weighted by atomic mass is 19.4. The highest BCUT2D eigenvalue weighted by Crippen LogP contribution is 2.31. The fourth-order valence-electron chi connectivity index (χ4n) is 2.36. The molecule has 1 aromatic carbocycles. The lowest BCUT2D eigenvalue weighted by atomic mass is 10.2. The number of nitrogens with zero attached hydrogens (tertiary/aromatic N) is 2. The second-order valence-corrected chi connectivity index (χ2v) is 4.75. The number of furan rings is 1. The predicted molar refractivity (Wildman–Crippen MR) is 71.9 cm³/mol. The third kappa shape index (κ3) is 2.53. The van der Waals surface area contributed by atoms with Gasteiger partial charge in [-0.2, -0.15) is 13.2 Å². The van der Waals surface area contributed by atoms with Gasteiger partial charge in [-0.05, 0) is 30.3 Å². The Bertz CT molecular complexity index is 757. The van der Waals surface area contributed by atoms with E-state index in [2.05, 4.69) is 4.98 Å². The van der Waals surface area contributed by atoms with E-state index < -0.39 is 11.7 Å². The number of halogens is 3. The zero-order chi connectivity index (χ0) is 15.0. The van der Waals surface area contributed by atoms with Crippen molar-refractivity contribution in [2.45, 2.75) is 26.1 Å². The van der Waals surface area contributed by atoms with Gasteiger partial charge in [-0.3, -0.25) is 0 Å². The topological polar surface area (TPSA) is 31.0 Å². The number of imidazole rings is 1. The average Bonchev–Trinajstić information content (AvgIpc) is 3.05. The van der Waals surface area contributed by atoms with Crippen molar-refractivity contribution >= 4 is 11.0 Å². The van der Waals surface area contributed by atoms with Crippen LogP contribution in [0.3, 0.4) is 0 Å². The van der Waals surface area contributed by atoms with Crippen LogP contribution >= 0.6 is 0 Å². The lowest BCUT2D eigenvalue weighted by molar-refractivity contribution is -0.137. The van der Waals surface area contributed by atoms with Gasteiger partial charge in [0.25, 0.3) is 0 Å². The Balaban J connectivity index is 2.10. The number of fused-ring (bicyclic) bond motifs is 1. The van der Waals surface area contributed by atoms with E-state index in [0.717, 1.165) is 23.7 Å². The maximum absolute atomic E-state index is 12.8. The van der Waals surface area contributed by atoms with Gasteiger partial charge in [0.2, 0.25) is 0 Å². The van der Waals surface area contributed by atoms with Crippen molar-refractivity contribution in [1.82, 2.24) is 9.55 Å². The Morgan fingerprint density at radius 3 is 2.67 bits per heavy atom. The van der Waals surface area contributed by atoms with Gasteiger partial charge in [0.1, 0.15) is 11.6 Å². The Labute approximate surface area is 119 Å². The van der Waals surface area contributed by atoms with Crippen molar-refractivity contribution in [2.24, 2.45) is 0 Å². The van der Waals surface area contributed by atoms with Crippen molar-refractivity contribution < 1.29 is 17.6 Å². The summed E-state index contributed by atoms with van der Waals surface area (Å²) in [7, 11) is 0. The van der Waals surface area contributed by atoms with Crippen LogP contribution in [0.15, 0.2) is 41.0 Å². The molecule has 0 fully saturated rings. The first-order valence-electron chi connectivity index (χ1n) is 6.58. The predicted octanol–water partition coefficient (Wildman–Crippen LogP) is 4.26. The molecule has 0 saturated carbocycles. The van der Waals surface area contributed by atoms with E-state index in [-0.39, 0.29) is 0 Å². The summed E-state index contributed by atoms with van der Waals surface area (Å²) in [6.07, 6.45) is -2.15. The van der Waals surface area contributed by atoms with Crippen molar-refractivity contribution in [3.05, 3.63) is 53.7 Å². The lowest BCUT2D eigenvalue weighted by Crippen LogP contribution is -2.05. The first-order chi connectivity index (χ1) is 9.99. The fraction of sp³-hybridized carbons (Fsp3) is 0.267.